The summed E-state index contributed by atoms with van der Waals surface area (Å²) in [6.45, 7) is 19.2. The third-order valence-corrected chi connectivity index (χ3v) is 7.45. The van der Waals surface area contributed by atoms with Crippen LogP contribution in [0.1, 0.15) is 126 Å². The molecule has 6 heteroatoms. The van der Waals surface area contributed by atoms with Gasteiger partial charge in [0.15, 0.2) is 0 Å². The average molecular weight is 485 g/mol. The highest BCUT2D eigenvalue weighted by Gasteiger charge is 2.41. The van der Waals surface area contributed by atoms with E-state index >= 15 is 0 Å². The Labute approximate surface area is 210 Å². The molecule has 2 aliphatic heterocycles. The monoisotopic (exact) mass is 484 g/mol. The molecule has 0 bridgehead atoms. The van der Waals surface area contributed by atoms with Gasteiger partial charge in [-0.05, 0) is 99.8 Å². The molecule has 0 radical (unpaired) electrons. The van der Waals surface area contributed by atoms with Crippen molar-refractivity contribution in [1.82, 2.24) is 10.6 Å². The van der Waals surface area contributed by atoms with E-state index in [2.05, 4.69) is 66.0 Å². The van der Waals surface area contributed by atoms with Crippen LogP contribution >= 0.6 is 0 Å². The molecule has 0 aromatic rings. The Balaban J connectivity index is 1.49. The lowest BCUT2D eigenvalue weighted by Crippen LogP contribution is -2.59. The Morgan fingerprint density at radius 2 is 1.18 bits per heavy atom. The van der Waals surface area contributed by atoms with Gasteiger partial charge in [0.1, 0.15) is 6.79 Å². The Hall–Kier alpha value is -0.240. The fourth-order valence-corrected chi connectivity index (χ4v) is 6.85. The van der Waals surface area contributed by atoms with Crippen molar-refractivity contribution >= 4 is 0 Å². The van der Waals surface area contributed by atoms with Crippen LogP contribution < -0.4 is 10.6 Å². The van der Waals surface area contributed by atoms with Gasteiger partial charge < -0.3 is 20.1 Å². The van der Waals surface area contributed by atoms with Crippen molar-refractivity contribution in [2.45, 2.75) is 160 Å². The predicted octanol–water partition coefficient (Wildman–Crippen LogP) is 6.43. The van der Waals surface area contributed by atoms with Gasteiger partial charge in [-0.2, -0.15) is 0 Å². The van der Waals surface area contributed by atoms with Crippen molar-refractivity contribution in [1.29, 1.82) is 0 Å². The van der Waals surface area contributed by atoms with Crippen LogP contribution in [0.3, 0.4) is 0 Å². The lowest BCUT2D eigenvalue weighted by Gasteiger charge is -2.48. The number of hydrogen-bond donors (Lipinski definition) is 3. The van der Waals surface area contributed by atoms with Crippen molar-refractivity contribution in [2.24, 2.45) is 5.92 Å². The quantitative estimate of drug-likeness (QED) is 0.114. The number of rotatable bonds is 14. The van der Waals surface area contributed by atoms with E-state index in [0.717, 1.165) is 51.6 Å². The highest BCUT2D eigenvalue weighted by atomic mass is 17.1. The molecule has 0 aliphatic carbocycles. The van der Waals surface area contributed by atoms with Gasteiger partial charge in [-0.1, -0.05) is 32.1 Å². The lowest BCUT2D eigenvalue weighted by atomic mass is 9.73. The van der Waals surface area contributed by atoms with Gasteiger partial charge in [0, 0.05) is 28.8 Å². The van der Waals surface area contributed by atoms with Crippen LogP contribution in [0.4, 0.5) is 0 Å². The summed E-state index contributed by atoms with van der Waals surface area (Å²) >= 11 is 0. The Morgan fingerprint density at radius 1 is 0.706 bits per heavy atom. The van der Waals surface area contributed by atoms with Gasteiger partial charge in [-0.15, -0.1) is 0 Å². The maximum atomic E-state index is 9.55. The van der Waals surface area contributed by atoms with Gasteiger partial charge >= 0.3 is 0 Å². The number of hydrogen-bond acceptors (Lipinski definition) is 6. The molecule has 2 aliphatic rings. The van der Waals surface area contributed by atoms with Crippen LogP contribution in [0.2, 0.25) is 0 Å². The van der Waals surface area contributed by atoms with E-state index in [1.54, 1.807) is 0 Å². The second-order valence-electron chi connectivity index (χ2n) is 13.7. The summed E-state index contributed by atoms with van der Waals surface area (Å²) in [4.78, 5) is 4.97. The SMILES string of the molecule is CC1(C)CC(OCOCCCCCCCCC(OO)C2CC(C)(C)NC(C)(C)C2)CC(C)(C)N1. The molecule has 0 saturated carbocycles. The first-order chi connectivity index (χ1) is 15.7. The number of ether oxygens (including phenoxy) is 2. The van der Waals surface area contributed by atoms with Crippen molar-refractivity contribution < 1.29 is 19.6 Å². The largest absolute Gasteiger partial charge is 0.355 e. The summed E-state index contributed by atoms with van der Waals surface area (Å²) in [5.41, 5.74) is 0.376. The molecule has 0 aromatic heterocycles. The van der Waals surface area contributed by atoms with Gasteiger partial charge in [0.05, 0.1) is 12.2 Å². The fraction of sp³-hybridized carbons (Fsp3) is 1.00. The van der Waals surface area contributed by atoms with Crippen LogP contribution in [0.5, 0.6) is 0 Å². The van der Waals surface area contributed by atoms with Gasteiger partial charge in [-0.25, -0.2) is 4.89 Å². The van der Waals surface area contributed by atoms with Crippen LogP contribution in [0.15, 0.2) is 0 Å². The van der Waals surface area contributed by atoms with E-state index in [1.165, 1.54) is 25.7 Å². The molecule has 2 saturated heterocycles. The molecular weight excluding hydrogens is 428 g/mol. The summed E-state index contributed by atoms with van der Waals surface area (Å²) in [5.74, 6) is 0.401. The zero-order chi connectivity index (χ0) is 25.5. The molecule has 202 valence electrons. The molecule has 2 fully saturated rings. The molecule has 1 atom stereocenters. The Kier molecular flexibility index (Phi) is 11.3. The lowest BCUT2D eigenvalue weighted by molar-refractivity contribution is -0.295. The van der Waals surface area contributed by atoms with Gasteiger partial charge in [0.2, 0.25) is 0 Å². The molecular formula is C28H56N2O4. The highest BCUT2D eigenvalue weighted by molar-refractivity contribution is 4.99. The normalized spacial score (nSPS) is 25.3. The second kappa shape index (κ2) is 12.8. The molecule has 2 rings (SSSR count). The maximum Gasteiger partial charge on any atom is 0.147 e. The maximum absolute atomic E-state index is 9.55. The van der Waals surface area contributed by atoms with E-state index in [-0.39, 0.29) is 34.4 Å². The summed E-state index contributed by atoms with van der Waals surface area (Å²) < 4.78 is 11.8. The van der Waals surface area contributed by atoms with Gasteiger partial charge in [0.25, 0.3) is 0 Å². The second-order valence-corrected chi connectivity index (χ2v) is 13.7. The van der Waals surface area contributed by atoms with E-state index < -0.39 is 0 Å². The summed E-state index contributed by atoms with van der Waals surface area (Å²) in [7, 11) is 0. The zero-order valence-corrected chi connectivity index (χ0v) is 23.6. The first-order valence-corrected chi connectivity index (χ1v) is 13.8. The minimum Gasteiger partial charge on any atom is -0.355 e. The Bertz CT molecular complexity index is 559. The molecule has 0 aromatic carbocycles. The van der Waals surface area contributed by atoms with Crippen LogP contribution in [-0.2, 0) is 14.4 Å². The third kappa shape index (κ3) is 11.2. The Morgan fingerprint density at radius 3 is 1.71 bits per heavy atom. The first kappa shape index (κ1) is 30.0. The minimum atomic E-state index is -0.0508. The summed E-state index contributed by atoms with van der Waals surface area (Å²) in [5, 5.41) is 17.0. The molecule has 6 nitrogen and oxygen atoms in total. The number of unbranched alkanes of at least 4 members (excludes halogenated alkanes) is 5. The predicted molar refractivity (Wildman–Crippen MR) is 140 cm³/mol. The highest BCUT2D eigenvalue weighted by Crippen LogP contribution is 2.37. The van der Waals surface area contributed by atoms with Crippen molar-refractivity contribution in [3.05, 3.63) is 0 Å². The molecule has 1 unspecified atom stereocenters. The van der Waals surface area contributed by atoms with Crippen LogP contribution in [0, 0.1) is 5.92 Å². The van der Waals surface area contributed by atoms with Crippen LogP contribution in [-0.4, -0.2) is 53.0 Å². The van der Waals surface area contributed by atoms with E-state index in [9.17, 15) is 5.26 Å². The van der Waals surface area contributed by atoms with Crippen molar-refractivity contribution in [3.63, 3.8) is 0 Å². The smallest absolute Gasteiger partial charge is 0.147 e. The third-order valence-electron chi connectivity index (χ3n) is 7.45. The topological polar surface area (TPSA) is 72.0 Å². The molecule has 2 heterocycles. The molecule has 0 amide bonds. The van der Waals surface area contributed by atoms with Crippen LogP contribution in [0.25, 0.3) is 0 Å². The number of piperidine rings is 2. The van der Waals surface area contributed by atoms with E-state index in [1.807, 2.05) is 0 Å². The van der Waals surface area contributed by atoms with E-state index in [4.69, 9.17) is 14.4 Å². The minimum absolute atomic E-state index is 0.0508. The van der Waals surface area contributed by atoms with E-state index in [0.29, 0.717) is 12.7 Å². The zero-order valence-electron chi connectivity index (χ0n) is 23.6. The number of nitrogens with one attached hydrogen (secondary N) is 2. The summed E-state index contributed by atoms with van der Waals surface area (Å²) in [6, 6.07) is 0. The summed E-state index contributed by atoms with van der Waals surface area (Å²) in [6.07, 6.45) is 12.4. The molecule has 34 heavy (non-hydrogen) atoms. The standard InChI is InChI=1S/C28H56N2O4/c1-25(2)17-22(18-26(3,4)29-25)24(34-31)15-13-11-9-10-12-14-16-32-21-33-23-19-27(5,6)30-28(7,8)20-23/h22-24,29-31H,9-21H2,1-8H3. The average Bonchev–Trinajstić information content (AvgIpc) is 2.64. The van der Waals surface area contributed by atoms with Crippen molar-refractivity contribution in [2.75, 3.05) is 13.4 Å². The fourth-order valence-electron chi connectivity index (χ4n) is 6.85. The van der Waals surface area contributed by atoms with Gasteiger partial charge in [-0.3, -0.25) is 5.26 Å². The molecule has 3 N–H and O–H groups in total. The van der Waals surface area contributed by atoms with Crippen molar-refractivity contribution in [3.8, 4) is 0 Å². The first-order valence-electron chi connectivity index (χ1n) is 13.8. The molecule has 0 spiro atoms.